The average Bonchev–Trinajstić information content (AvgIpc) is 2.15. The maximum atomic E-state index is 5.48. The van der Waals surface area contributed by atoms with Gasteiger partial charge in [0.2, 0.25) is 0 Å². The van der Waals surface area contributed by atoms with Crippen LogP contribution in [-0.2, 0) is 9.47 Å². The summed E-state index contributed by atoms with van der Waals surface area (Å²) in [6, 6.07) is 0. The van der Waals surface area contributed by atoms with Crippen LogP contribution in [0.1, 0.15) is 19.8 Å². The summed E-state index contributed by atoms with van der Waals surface area (Å²) in [5, 5.41) is 0. The smallest absolute Gasteiger partial charge is 0.146 e. The van der Waals surface area contributed by atoms with Gasteiger partial charge in [0.1, 0.15) is 6.79 Å². The molecule has 0 amide bonds. The minimum absolute atomic E-state index is 0.424. The lowest BCUT2D eigenvalue weighted by atomic mass is 10.1. The summed E-state index contributed by atoms with van der Waals surface area (Å²) in [6.45, 7) is 6.15. The molecule has 1 rings (SSSR count). The topological polar surface area (TPSA) is 21.7 Å². The number of nitrogens with zero attached hydrogens (tertiary/aromatic N) is 1. The normalized spacial score (nSPS) is 21.5. The quantitative estimate of drug-likeness (QED) is 0.594. The van der Waals surface area contributed by atoms with E-state index in [0.29, 0.717) is 12.9 Å². The van der Waals surface area contributed by atoms with Gasteiger partial charge in [0.25, 0.3) is 0 Å². The van der Waals surface area contributed by atoms with Gasteiger partial charge in [-0.15, -0.1) is 0 Å². The molecule has 1 heterocycles. The van der Waals surface area contributed by atoms with Crippen LogP contribution >= 0.6 is 0 Å². The number of piperidine rings is 1. The monoisotopic (exact) mass is 173 g/mol. The SMILES string of the molecule is CCN1CCC(OCOC)CC1. The minimum Gasteiger partial charge on any atom is -0.359 e. The summed E-state index contributed by atoms with van der Waals surface area (Å²) < 4.78 is 10.3. The van der Waals surface area contributed by atoms with Crippen molar-refractivity contribution in [3.63, 3.8) is 0 Å². The first-order chi connectivity index (χ1) is 5.86. The zero-order valence-electron chi connectivity index (χ0n) is 8.08. The largest absolute Gasteiger partial charge is 0.359 e. The van der Waals surface area contributed by atoms with Crippen molar-refractivity contribution in [2.75, 3.05) is 33.5 Å². The first kappa shape index (κ1) is 9.96. The van der Waals surface area contributed by atoms with Gasteiger partial charge in [0.15, 0.2) is 0 Å². The van der Waals surface area contributed by atoms with E-state index in [-0.39, 0.29) is 0 Å². The number of methoxy groups -OCH3 is 1. The number of hydrogen-bond acceptors (Lipinski definition) is 3. The third kappa shape index (κ3) is 3.09. The van der Waals surface area contributed by atoms with E-state index in [0.717, 1.165) is 19.4 Å². The van der Waals surface area contributed by atoms with E-state index in [9.17, 15) is 0 Å². The van der Waals surface area contributed by atoms with E-state index < -0.39 is 0 Å². The molecule has 1 fully saturated rings. The van der Waals surface area contributed by atoms with Gasteiger partial charge in [-0.3, -0.25) is 0 Å². The zero-order valence-corrected chi connectivity index (χ0v) is 8.08. The van der Waals surface area contributed by atoms with Crippen LogP contribution in [-0.4, -0.2) is 44.5 Å². The van der Waals surface area contributed by atoms with Gasteiger partial charge in [0.05, 0.1) is 6.10 Å². The molecule has 1 aliphatic rings. The van der Waals surface area contributed by atoms with Crippen LogP contribution in [0, 0.1) is 0 Å². The van der Waals surface area contributed by atoms with Gasteiger partial charge >= 0.3 is 0 Å². The highest BCUT2D eigenvalue weighted by Gasteiger charge is 2.17. The van der Waals surface area contributed by atoms with Crippen molar-refractivity contribution >= 4 is 0 Å². The second kappa shape index (κ2) is 5.51. The van der Waals surface area contributed by atoms with Crippen LogP contribution in [0.5, 0.6) is 0 Å². The second-order valence-corrected chi connectivity index (χ2v) is 3.21. The van der Waals surface area contributed by atoms with E-state index in [4.69, 9.17) is 9.47 Å². The van der Waals surface area contributed by atoms with Crippen LogP contribution in [0.3, 0.4) is 0 Å². The van der Waals surface area contributed by atoms with Crippen LogP contribution < -0.4 is 0 Å². The first-order valence-corrected chi connectivity index (χ1v) is 4.69. The number of ether oxygens (including phenoxy) is 2. The Morgan fingerprint density at radius 2 is 2.00 bits per heavy atom. The lowest BCUT2D eigenvalue weighted by Gasteiger charge is -2.30. The molecule has 0 aromatic heterocycles. The van der Waals surface area contributed by atoms with Crippen LogP contribution in [0.15, 0.2) is 0 Å². The molecule has 1 saturated heterocycles. The van der Waals surface area contributed by atoms with Gasteiger partial charge in [-0.25, -0.2) is 0 Å². The maximum absolute atomic E-state index is 5.48. The van der Waals surface area contributed by atoms with Crippen molar-refractivity contribution in [1.82, 2.24) is 4.90 Å². The second-order valence-electron chi connectivity index (χ2n) is 3.21. The fourth-order valence-corrected chi connectivity index (χ4v) is 1.56. The average molecular weight is 173 g/mol. The minimum atomic E-state index is 0.424. The molecule has 72 valence electrons. The summed E-state index contributed by atoms with van der Waals surface area (Å²) in [5.74, 6) is 0. The van der Waals surface area contributed by atoms with Crippen molar-refractivity contribution < 1.29 is 9.47 Å². The summed E-state index contributed by atoms with van der Waals surface area (Å²) in [4.78, 5) is 2.45. The molecule has 0 spiro atoms. The molecule has 3 nitrogen and oxygen atoms in total. The molecule has 1 aliphatic heterocycles. The fourth-order valence-electron chi connectivity index (χ4n) is 1.56. The molecular formula is C9H19NO2. The van der Waals surface area contributed by atoms with Crippen molar-refractivity contribution in [1.29, 1.82) is 0 Å². The standard InChI is InChI=1S/C9H19NO2/c1-3-10-6-4-9(5-7-10)12-8-11-2/h9H,3-8H2,1-2H3. The molecule has 0 unspecified atom stereocenters. The van der Waals surface area contributed by atoms with E-state index in [1.165, 1.54) is 13.1 Å². The lowest BCUT2D eigenvalue weighted by molar-refractivity contribution is -0.0882. The third-order valence-electron chi connectivity index (χ3n) is 2.40. The molecule has 0 bridgehead atoms. The van der Waals surface area contributed by atoms with Crippen LogP contribution in [0.4, 0.5) is 0 Å². The van der Waals surface area contributed by atoms with Crippen molar-refractivity contribution in [3.05, 3.63) is 0 Å². The highest BCUT2D eigenvalue weighted by Crippen LogP contribution is 2.12. The fraction of sp³-hybridized carbons (Fsp3) is 1.00. The molecule has 0 N–H and O–H groups in total. The van der Waals surface area contributed by atoms with E-state index in [2.05, 4.69) is 11.8 Å². The molecule has 0 atom stereocenters. The Bertz CT molecular complexity index is 111. The van der Waals surface area contributed by atoms with Crippen molar-refractivity contribution in [2.45, 2.75) is 25.9 Å². The highest BCUT2D eigenvalue weighted by atomic mass is 16.7. The summed E-state index contributed by atoms with van der Waals surface area (Å²) in [7, 11) is 1.67. The summed E-state index contributed by atoms with van der Waals surface area (Å²) >= 11 is 0. The van der Waals surface area contributed by atoms with E-state index >= 15 is 0 Å². The third-order valence-corrected chi connectivity index (χ3v) is 2.40. The molecule has 3 heteroatoms. The van der Waals surface area contributed by atoms with Gasteiger partial charge < -0.3 is 14.4 Å². The predicted octanol–water partition coefficient (Wildman–Crippen LogP) is 1.09. The molecule has 0 aromatic rings. The van der Waals surface area contributed by atoms with Gasteiger partial charge in [-0.2, -0.15) is 0 Å². The lowest BCUT2D eigenvalue weighted by Crippen LogP contribution is -2.36. The molecule has 12 heavy (non-hydrogen) atoms. The van der Waals surface area contributed by atoms with Crippen LogP contribution in [0.2, 0.25) is 0 Å². The summed E-state index contributed by atoms with van der Waals surface area (Å²) in [5.41, 5.74) is 0. The van der Waals surface area contributed by atoms with Gasteiger partial charge in [-0.05, 0) is 19.4 Å². The Balaban J connectivity index is 2.09. The van der Waals surface area contributed by atoms with Crippen molar-refractivity contribution in [2.24, 2.45) is 0 Å². The molecule has 0 radical (unpaired) electrons. The Morgan fingerprint density at radius 1 is 1.33 bits per heavy atom. The molecular weight excluding hydrogens is 154 g/mol. The first-order valence-electron chi connectivity index (χ1n) is 4.69. The van der Waals surface area contributed by atoms with E-state index in [1.807, 2.05) is 0 Å². The maximum Gasteiger partial charge on any atom is 0.146 e. The van der Waals surface area contributed by atoms with E-state index in [1.54, 1.807) is 7.11 Å². The Labute approximate surface area is 74.6 Å². The highest BCUT2D eigenvalue weighted by molar-refractivity contribution is 4.70. The molecule has 0 aromatic carbocycles. The number of hydrogen-bond donors (Lipinski definition) is 0. The van der Waals surface area contributed by atoms with Gasteiger partial charge in [0, 0.05) is 20.2 Å². The molecule has 0 aliphatic carbocycles. The van der Waals surface area contributed by atoms with Crippen LogP contribution in [0.25, 0.3) is 0 Å². The number of rotatable bonds is 4. The Kier molecular flexibility index (Phi) is 4.58. The Hall–Kier alpha value is -0.120. The van der Waals surface area contributed by atoms with Crippen molar-refractivity contribution in [3.8, 4) is 0 Å². The zero-order chi connectivity index (χ0) is 8.81. The molecule has 0 saturated carbocycles. The predicted molar refractivity (Wildman–Crippen MR) is 48.1 cm³/mol. The summed E-state index contributed by atoms with van der Waals surface area (Å²) in [6.07, 6.45) is 2.72. The number of likely N-dealkylation sites (tertiary alicyclic amines) is 1. The van der Waals surface area contributed by atoms with Gasteiger partial charge in [-0.1, -0.05) is 6.92 Å². The Morgan fingerprint density at radius 3 is 2.50 bits per heavy atom.